The quantitative estimate of drug-likeness (QED) is 0.883. The molecule has 0 amide bonds. The van der Waals surface area contributed by atoms with Crippen LogP contribution in [-0.2, 0) is 0 Å². The highest BCUT2D eigenvalue weighted by Crippen LogP contribution is 2.30. The molecule has 90 valence electrons. The number of aryl methyl sites for hydroxylation is 2. The number of oxazole rings is 1. The van der Waals surface area contributed by atoms with Gasteiger partial charge in [-0.1, -0.05) is 0 Å². The normalized spacial score (nSPS) is 10.4. The molecule has 4 nitrogen and oxygen atoms in total. The van der Waals surface area contributed by atoms with E-state index in [2.05, 4.69) is 16.4 Å². The summed E-state index contributed by atoms with van der Waals surface area (Å²) in [6.45, 7) is 4.05. The Labute approximate surface area is 101 Å². The maximum atomic E-state index is 5.29. The first-order valence-corrected chi connectivity index (χ1v) is 5.44. The van der Waals surface area contributed by atoms with Crippen LogP contribution in [0.25, 0.3) is 11.3 Å². The Hall–Kier alpha value is -1.97. The highest BCUT2D eigenvalue weighted by Gasteiger charge is 2.10. The van der Waals surface area contributed by atoms with Crippen molar-refractivity contribution in [2.24, 2.45) is 0 Å². The third kappa shape index (κ3) is 2.11. The number of anilines is 1. The molecule has 0 atom stereocenters. The molecular formula is C13H16N2O2. The van der Waals surface area contributed by atoms with Crippen molar-refractivity contribution in [1.82, 2.24) is 4.98 Å². The molecule has 2 aromatic rings. The highest BCUT2D eigenvalue weighted by atomic mass is 16.5. The number of benzene rings is 1. The molecule has 0 aliphatic rings. The SMILES string of the molecule is CNc1nc(-c2cc(C)c(OC)cc2C)co1. The molecule has 2 rings (SSSR count). The molecule has 1 aromatic carbocycles. The fourth-order valence-corrected chi connectivity index (χ4v) is 1.80. The monoisotopic (exact) mass is 232 g/mol. The van der Waals surface area contributed by atoms with E-state index in [1.54, 1.807) is 20.4 Å². The van der Waals surface area contributed by atoms with Crippen molar-refractivity contribution in [3.8, 4) is 17.0 Å². The molecule has 1 heterocycles. The summed E-state index contributed by atoms with van der Waals surface area (Å²) >= 11 is 0. The number of methoxy groups -OCH3 is 1. The summed E-state index contributed by atoms with van der Waals surface area (Å²) in [7, 11) is 3.46. The lowest BCUT2D eigenvalue weighted by Gasteiger charge is -2.09. The van der Waals surface area contributed by atoms with Gasteiger partial charge in [0.05, 0.1) is 7.11 Å². The van der Waals surface area contributed by atoms with Crippen LogP contribution in [0.15, 0.2) is 22.8 Å². The van der Waals surface area contributed by atoms with Crippen molar-refractivity contribution in [2.75, 3.05) is 19.5 Å². The van der Waals surface area contributed by atoms with Gasteiger partial charge in [0.25, 0.3) is 6.01 Å². The van der Waals surface area contributed by atoms with Gasteiger partial charge in [-0.2, -0.15) is 4.98 Å². The summed E-state index contributed by atoms with van der Waals surface area (Å²) in [5.41, 5.74) is 4.09. The van der Waals surface area contributed by atoms with E-state index in [1.807, 2.05) is 19.9 Å². The molecule has 0 spiro atoms. The number of rotatable bonds is 3. The second-order valence-electron chi connectivity index (χ2n) is 3.92. The number of aromatic nitrogens is 1. The summed E-state index contributed by atoms with van der Waals surface area (Å²) in [6, 6.07) is 4.59. The topological polar surface area (TPSA) is 47.3 Å². The van der Waals surface area contributed by atoms with Crippen molar-refractivity contribution in [3.05, 3.63) is 29.5 Å². The van der Waals surface area contributed by atoms with Gasteiger partial charge in [-0.25, -0.2) is 0 Å². The zero-order valence-corrected chi connectivity index (χ0v) is 10.5. The number of ether oxygens (including phenoxy) is 1. The van der Waals surface area contributed by atoms with Crippen LogP contribution in [0, 0.1) is 13.8 Å². The van der Waals surface area contributed by atoms with Gasteiger partial charge >= 0.3 is 0 Å². The van der Waals surface area contributed by atoms with E-state index in [1.165, 1.54) is 0 Å². The molecule has 17 heavy (non-hydrogen) atoms. The van der Waals surface area contributed by atoms with Crippen molar-refractivity contribution < 1.29 is 9.15 Å². The summed E-state index contributed by atoms with van der Waals surface area (Å²) < 4.78 is 10.6. The first kappa shape index (κ1) is 11.5. The first-order chi connectivity index (χ1) is 8.15. The van der Waals surface area contributed by atoms with Gasteiger partial charge in [-0.05, 0) is 37.1 Å². The van der Waals surface area contributed by atoms with Gasteiger partial charge in [0.2, 0.25) is 0 Å². The maximum absolute atomic E-state index is 5.29. The minimum absolute atomic E-state index is 0.521. The van der Waals surface area contributed by atoms with Gasteiger partial charge in [-0.15, -0.1) is 0 Å². The van der Waals surface area contributed by atoms with Gasteiger partial charge < -0.3 is 14.5 Å². The Morgan fingerprint density at radius 2 is 2.00 bits per heavy atom. The first-order valence-electron chi connectivity index (χ1n) is 5.44. The second-order valence-corrected chi connectivity index (χ2v) is 3.92. The average Bonchev–Trinajstić information content (AvgIpc) is 2.80. The van der Waals surface area contributed by atoms with Crippen molar-refractivity contribution in [3.63, 3.8) is 0 Å². The van der Waals surface area contributed by atoms with Crippen molar-refractivity contribution in [2.45, 2.75) is 13.8 Å². The Morgan fingerprint density at radius 1 is 1.24 bits per heavy atom. The van der Waals surface area contributed by atoms with E-state index in [9.17, 15) is 0 Å². The number of hydrogen-bond donors (Lipinski definition) is 1. The van der Waals surface area contributed by atoms with Crippen LogP contribution < -0.4 is 10.1 Å². The van der Waals surface area contributed by atoms with Crippen LogP contribution in [0.4, 0.5) is 6.01 Å². The smallest absolute Gasteiger partial charge is 0.294 e. The fraction of sp³-hybridized carbons (Fsp3) is 0.308. The van der Waals surface area contributed by atoms with Crippen LogP contribution in [-0.4, -0.2) is 19.1 Å². The van der Waals surface area contributed by atoms with Crippen LogP contribution in [0.5, 0.6) is 5.75 Å². The van der Waals surface area contributed by atoms with E-state index in [4.69, 9.17) is 9.15 Å². The van der Waals surface area contributed by atoms with Crippen molar-refractivity contribution >= 4 is 6.01 Å². The molecule has 0 aliphatic heterocycles. The molecule has 4 heteroatoms. The molecule has 0 saturated heterocycles. The minimum atomic E-state index is 0.521. The number of hydrogen-bond acceptors (Lipinski definition) is 4. The molecule has 0 saturated carbocycles. The van der Waals surface area contributed by atoms with E-state index >= 15 is 0 Å². The zero-order valence-electron chi connectivity index (χ0n) is 10.5. The lowest BCUT2D eigenvalue weighted by Crippen LogP contribution is -1.92. The zero-order chi connectivity index (χ0) is 12.4. The molecular weight excluding hydrogens is 216 g/mol. The largest absolute Gasteiger partial charge is 0.496 e. The molecule has 0 aliphatic carbocycles. The van der Waals surface area contributed by atoms with Gasteiger partial charge in [0.15, 0.2) is 0 Å². The standard InChI is InChI=1S/C13H16N2O2/c1-8-6-12(16-4)9(2)5-10(8)11-7-17-13(14-3)15-11/h5-7H,1-4H3,(H,14,15). The Balaban J connectivity index is 2.48. The summed E-state index contributed by atoms with van der Waals surface area (Å²) in [5, 5.41) is 2.87. The predicted molar refractivity (Wildman–Crippen MR) is 67.5 cm³/mol. The molecule has 1 N–H and O–H groups in total. The summed E-state index contributed by atoms with van der Waals surface area (Å²) in [5.74, 6) is 0.892. The van der Waals surface area contributed by atoms with Gasteiger partial charge in [-0.3, -0.25) is 0 Å². The average molecular weight is 232 g/mol. The maximum Gasteiger partial charge on any atom is 0.294 e. The van der Waals surface area contributed by atoms with E-state index in [0.29, 0.717) is 6.01 Å². The Kier molecular flexibility index (Phi) is 3.04. The third-order valence-electron chi connectivity index (χ3n) is 2.74. The second kappa shape index (κ2) is 4.49. The van der Waals surface area contributed by atoms with Gasteiger partial charge in [0.1, 0.15) is 17.7 Å². The Morgan fingerprint density at radius 3 is 2.59 bits per heavy atom. The minimum Gasteiger partial charge on any atom is -0.496 e. The lowest BCUT2D eigenvalue weighted by atomic mass is 10.0. The molecule has 0 radical (unpaired) electrons. The van der Waals surface area contributed by atoms with Crippen LogP contribution in [0.2, 0.25) is 0 Å². The van der Waals surface area contributed by atoms with E-state index in [-0.39, 0.29) is 0 Å². The predicted octanol–water partition coefficient (Wildman–Crippen LogP) is 3.01. The van der Waals surface area contributed by atoms with E-state index in [0.717, 1.165) is 28.1 Å². The Bertz CT molecular complexity index is 532. The van der Waals surface area contributed by atoms with Crippen LogP contribution in [0.3, 0.4) is 0 Å². The summed E-state index contributed by atoms with van der Waals surface area (Å²) in [6.07, 6.45) is 1.65. The van der Waals surface area contributed by atoms with Crippen LogP contribution >= 0.6 is 0 Å². The molecule has 0 bridgehead atoms. The van der Waals surface area contributed by atoms with E-state index < -0.39 is 0 Å². The van der Waals surface area contributed by atoms with Crippen LogP contribution in [0.1, 0.15) is 11.1 Å². The molecule has 1 aromatic heterocycles. The molecule has 0 fully saturated rings. The number of nitrogens with one attached hydrogen (secondary N) is 1. The number of nitrogens with zero attached hydrogens (tertiary/aromatic N) is 1. The fourth-order valence-electron chi connectivity index (χ4n) is 1.80. The molecule has 0 unspecified atom stereocenters. The third-order valence-corrected chi connectivity index (χ3v) is 2.74. The summed E-state index contributed by atoms with van der Waals surface area (Å²) in [4.78, 5) is 4.34. The lowest BCUT2D eigenvalue weighted by molar-refractivity contribution is 0.411. The van der Waals surface area contributed by atoms with Crippen molar-refractivity contribution in [1.29, 1.82) is 0 Å². The van der Waals surface area contributed by atoms with Gasteiger partial charge in [0, 0.05) is 12.6 Å². The highest BCUT2D eigenvalue weighted by molar-refractivity contribution is 5.66.